The zero-order valence-corrected chi connectivity index (χ0v) is 12.9. The molecule has 4 nitrogen and oxygen atoms in total. The van der Waals surface area contributed by atoms with Gasteiger partial charge in [-0.05, 0) is 42.2 Å². The summed E-state index contributed by atoms with van der Waals surface area (Å²) < 4.78 is 5.88. The van der Waals surface area contributed by atoms with Gasteiger partial charge in [0.15, 0.2) is 0 Å². The molecular formula is C19H21NO3. The van der Waals surface area contributed by atoms with E-state index in [0.29, 0.717) is 6.54 Å². The highest BCUT2D eigenvalue weighted by atomic mass is 16.5. The summed E-state index contributed by atoms with van der Waals surface area (Å²) in [5, 5.41) is 11.4. The molecule has 0 saturated heterocycles. The van der Waals surface area contributed by atoms with Gasteiger partial charge in [0.2, 0.25) is 0 Å². The number of carboxylic acid groups (broad SMARTS) is 1. The molecule has 1 aliphatic rings. The minimum Gasteiger partial charge on any atom is -0.465 e. The molecule has 1 aliphatic carbocycles. The van der Waals surface area contributed by atoms with Crippen molar-refractivity contribution in [1.82, 2.24) is 5.32 Å². The molecule has 4 heteroatoms. The molecule has 0 aromatic heterocycles. The van der Waals surface area contributed by atoms with Crippen LogP contribution in [0.5, 0.6) is 11.5 Å². The van der Waals surface area contributed by atoms with Crippen LogP contribution in [-0.2, 0) is 0 Å². The second-order valence-electron chi connectivity index (χ2n) is 6.05. The van der Waals surface area contributed by atoms with Crippen LogP contribution in [0.25, 0.3) is 0 Å². The Morgan fingerprint density at radius 2 is 1.87 bits per heavy atom. The van der Waals surface area contributed by atoms with E-state index in [1.165, 1.54) is 12.8 Å². The van der Waals surface area contributed by atoms with Gasteiger partial charge in [-0.1, -0.05) is 43.2 Å². The topological polar surface area (TPSA) is 58.6 Å². The summed E-state index contributed by atoms with van der Waals surface area (Å²) in [4.78, 5) is 10.8. The lowest BCUT2D eigenvalue weighted by atomic mass is 9.93. The fourth-order valence-corrected chi connectivity index (χ4v) is 2.76. The quantitative estimate of drug-likeness (QED) is 0.783. The first kappa shape index (κ1) is 15.4. The van der Waals surface area contributed by atoms with E-state index in [4.69, 9.17) is 9.84 Å². The molecule has 2 aromatic rings. The van der Waals surface area contributed by atoms with Gasteiger partial charge in [0, 0.05) is 12.5 Å². The second-order valence-corrected chi connectivity index (χ2v) is 6.05. The van der Waals surface area contributed by atoms with Gasteiger partial charge in [-0.3, -0.25) is 0 Å². The highest BCUT2D eigenvalue weighted by Gasteiger charge is 2.26. The number of hydrogen-bond acceptors (Lipinski definition) is 2. The minimum atomic E-state index is -0.970. The second kappa shape index (κ2) is 7.18. The summed E-state index contributed by atoms with van der Waals surface area (Å²) in [5.74, 6) is 2.50. The van der Waals surface area contributed by atoms with Crippen LogP contribution in [0.15, 0.2) is 54.6 Å². The van der Waals surface area contributed by atoms with Gasteiger partial charge in [-0.25, -0.2) is 4.79 Å². The third-order valence-electron chi connectivity index (χ3n) is 4.12. The highest BCUT2D eigenvalue weighted by molar-refractivity contribution is 5.64. The molecule has 120 valence electrons. The van der Waals surface area contributed by atoms with Gasteiger partial charge in [-0.15, -0.1) is 0 Å². The molecule has 0 heterocycles. The summed E-state index contributed by atoms with van der Waals surface area (Å²) in [6, 6.07) is 17.6. The molecule has 1 amide bonds. The Labute approximate surface area is 136 Å². The van der Waals surface area contributed by atoms with Crippen LogP contribution in [0.3, 0.4) is 0 Å². The summed E-state index contributed by atoms with van der Waals surface area (Å²) in [5.41, 5.74) is 1.12. The summed E-state index contributed by atoms with van der Waals surface area (Å²) in [7, 11) is 0. The van der Waals surface area contributed by atoms with Crippen molar-refractivity contribution < 1.29 is 14.6 Å². The van der Waals surface area contributed by atoms with Crippen molar-refractivity contribution in [1.29, 1.82) is 0 Å². The Balaban J connectivity index is 1.73. The molecule has 1 saturated carbocycles. The number of ether oxygens (including phenoxy) is 1. The molecule has 1 unspecified atom stereocenters. The molecule has 3 rings (SSSR count). The first-order valence-electron chi connectivity index (χ1n) is 8.00. The molecular weight excluding hydrogens is 290 g/mol. The summed E-state index contributed by atoms with van der Waals surface area (Å²) in [6.07, 6.45) is 2.56. The normalized spacial score (nSPS) is 15.0. The third kappa shape index (κ3) is 4.74. The van der Waals surface area contributed by atoms with Crippen molar-refractivity contribution in [2.75, 3.05) is 6.54 Å². The first-order valence-corrected chi connectivity index (χ1v) is 8.00. The van der Waals surface area contributed by atoms with E-state index in [2.05, 4.69) is 11.4 Å². The lowest BCUT2D eigenvalue weighted by Crippen LogP contribution is -2.27. The lowest BCUT2D eigenvalue weighted by Gasteiger charge is -2.18. The van der Waals surface area contributed by atoms with Crippen LogP contribution < -0.4 is 10.1 Å². The average molecular weight is 311 g/mol. The number of carbonyl (C=O) groups is 1. The van der Waals surface area contributed by atoms with Crippen LogP contribution in [0.1, 0.15) is 30.7 Å². The fourth-order valence-electron chi connectivity index (χ4n) is 2.76. The van der Waals surface area contributed by atoms with E-state index < -0.39 is 6.09 Å². The average Bonchev–Trinajstić information content (AvgIpc) is 3.36. The van der Waals surface area contributed by atoms with E-state index in [0.717, 1.165) is 29.4 Å². The predicted molar refractivity (Wildman–Crippen MR) is 89.1 cm³/mol. The summed E-state index contributed by atoms with van der Waals surface area (Å²) >= 11 is 0. The van der Waals surface area contributed by atoms with Crippen molar-refractivity contribution in [3.63, 3.8) is 0 Å². The Hall–Kier alpha value is -2.49. The van der Waals surface area contributed by atoms with Crippen molar-refractivity contribution in [2.45, 2.75) is 25.2 Å². The summed E-state index contributed by atoms with van der Waals surface area (Å²) in [6.45, 7) is 0.445. The maximum Gasteiger partial charge on any atom is 0.404 e. The van der Waals surface area contributed by atoms with Crippen molar-refractivity contribution in [3.8, 4) is 11.5 Å². The number of amides is 1. The molecule has 23 heavy (non-hydrogen) atoms. The Bertz CT molecular complexity index is 653. The van der Waals surface area contributed by atoms with E-state index >= 15 is 0 Å². The Morgan fingerprint density at radius 3 is 2.57 bits per heavy atom. The van der Waals surface area contributed by atoms with Gasteiger partial charge in [0.1, 0.15) is 11.5 Å². The van der Waals surface area contributed by atoms with Gasteiger partial charge >= 0.3 is 6.09 Å². The zero-order valence-electron chi connectivity index (χ0n) is 12.9. The van der Waals surface area contributed by atoms with Crippen molar-refractivity contribution in [3.05, 3.63) is 60.2 Å². The van der Waals surface area contributed by atoms with Crippen LogP contribution in [-0.4, -0.2) is 17.7 Å². The Morgan fingerprint density at radius 1 is 1.13 bits per heavy atom. The SMILES string of the molecule is O=C(O)NCC(CC1CC1)c1cccc(Oc2ccccc2)c1. The van der Waals surface area contributed by atoms with Gasteiger partial charge in [0.05, 0.1) is 0 Å². The van der Waals surface area contributed by atoms with E-state index in [-0.39, 0.29) is 5.92 Å². The molecule has 1 fully saturated rings. The molecule has 0 aliphatic heterocycles. The van der Waals surface area contributed by atoms with Gasteiger partial charge < -0.3 is 15.2 Å². The molecule has 0 bridgehead atoms. The molecule has 2 aromatic carbocycles. The number of para-hydroxylation sites is 1. The van der Waals surface area contributed by atoms with Crippen LogP contribution in [0, 0.1) is 5.92 Å². The predicted octanol–water partition coefficient (Wildman–Crippen LogP) is 4.63. The Kier molecular flexibility index (Phi) is 4.81. The minimum absolute atomic E-state index is 0.193. The fraction of sp³-hybridized carbons (Fsp3) is 0.316. The van der Waals surface area contributed by atoms with Crippen molar-refractivity contribution >= 4 is 6.09 Å². The van der Waals surface area contributed by atoms with E-state index in [1.54, 1.807) is 0 Å². The van der Waals surface area contributed by atoms with Crippen LogP contribution >= 0.6 is 0 Å². The smallest absolute Gasteiger partial charge is 0.404 e. The highest BCUT2D eigenvalue weighted by Crippen LogP contribution is 2.39. The molecule has 2 N–H and O–H groups in total. The number of nitrogens with one attached hydrogen (secondary N) is 1. The van der Waals surface area contributed by atoms with Crippen LogP contribution in [0.2, 0.25) is 0 Å². The largest absolute Gasteiger partial charge is 0.465 e. The first-order chi connectivity index (χ1) is 11.2. The van der Waals surface area contributed by atoms with E-state index in [1.807, 2.05) is 48.5 Å². The monoisotopic (exact) mass is 311 g/mol. The van der Waals surface area contributed by atoms with Crippen LogP contribution in [0.4, 0.5) is 4.79 Å². The molecule has 0 radical (unpaired) electrons. The van der Waals surface area contributed by atoms with Gasteiger partial charge in [0.25, 0.3) is 0 Å². The molecule has 0 spiro atoms. The zero-order chi connectivity index (χ0) is 16.1. The standard InChI is InChI=1S/C19H21NO3/c21-19(22)20-13-16(11-14-9-10-14)15-5-4-8-18(12-15)23-17-6-2-1-3-7-17/h1-8,12,14,16,20H,9-11,13H2,(H,21,22). The van der Waals surface area contributed by atoms with Gasteiger partial charge in [-0.2, -0.15) is 0 Å². The number of benzene rings is 2. The number of hydrogen-bond donors (Lipinski definition) is 2. The third-order valence-corrected chi connectivity index (χ3v) is 4.12. The van der Waals surface area contributed by atoms with Crippen molar-refractivity contribution in [2.24, 2.45) is 5.92 Å². The molecule has 1 atom stereocenters. The lowest BCUT2D eigenvalue weighted by molar-refractivity contribution is 0.193. The maximum atomic E-state index is 10.8. The van der Waals surface area contributed by atoms with E-state index in [9.17, 15) is 4.79 Å². The maximum absolute atomic E-state index is 10.8. The number of rotatable bonds is 7.